The molecule has 0 aliphatic carbocycles. The van der Waals surface area contributed by atoms with E-state index in [-0.39, 0.29) is 8.41 Å². The summed E-state index contributed by atoms with van der Waals surface area (Å²) in [5.41, 5.74) is -12.5. The lowest BCUT2D eigenvalue weighted by Gasteiger charge is -2.09. The predicted molar refractivity (Wildman–Crippen MR) is 36.8 cm³/mol. The van der Waals surface area contributed by atoms with Gasteiger partial charge >= 0.3 is 31.3 Å². The van der Waals surface area contributed by atoms with Crippen LogP contribution in [0, 0.1) is 0 Å². The molecule has 0 saturated heterocycles. The van der Waals surface area contributed by atoms with Gasteiger partial charge in [-0.15, -0.1) is 3.63 Å². The zero-order valence-corrected chi connectivity index (χ0v) is 8.34. The molecule has 0 rings (SSSR count). The van der Waals surface area contributed by atoms with Crippen molar-refractivity contribution in [1.82, 2.24) is 0 Å². The molecule has 0 unspecified atom stereocenters. The van der Waals surface area contributed by atoms with Crippen molar-refractivity contribution in [3.8, 4) is 0 Å². The Balaban J connectivity index is 0. The maximum Gasteiger partial charge on any atom is 0.524 e. The average molecular weight is 293 g/mol. The monoisotopic (exact) mass is 293 g/mol. The molecule has 5 nitrogen and oxygen atoms in total. The number of halogens is 6. The van der Waals surface area contributed by atoms with E-state index in [0.717, 1.165) is 0 Å². The van der Waals surface area contributed by atoms with Gasteiger partial charge in [0.05, 0.1) is 0 Å². The summed E-state index contributed by atoms with van der Waals surface area (Å²) < 4.78 is 110. The van der Waals surface area contributed by atoms with Crippen LogP contribution in [0.5, 0.6) is 0 Å². The normalized spacial score (nSPS) is 14.4. The van der Waals surface area contributed by atoms with Crippen molar-refractivity contribution in [1.29, 1.82) is 0 Å². The Bertz CT molecular complexity index is 387. The zero-order chi connectivity index (χ0) is 12.7. The first-order valence-electron chi connectivity index (χ1n) is 2.54. The quantitative estimate of drug-likeness (QED) is 0.416. The lowest BCUT2D eigenvalue weighted by atomic mass is 10.8. The highest BCUT2D eigenvalue weighted by molar-refractivity contribution is 8.00. The molecule has 0 bridgehead atoms. The van der Waals surface area contributed by atoms with Crippen molar-refractivity contribution in [2.75, 3.05) is 0 Å². The molecule has 0 aliphatic heterocycles. The van der Waals surface area contributed by atoms with Gasteiger partial charge in [0.1, 0.15) is 0 Å². The van der Waals surface area contributed by atoms with Crippen LogP contribution in [0.2, 0.25) is 0 Å². The fourth-order valence-electron chi connectivity index (χ4n) is 0.195. The second kappa shape index (κ2) is 4.41. The van der Waals surface area contributed by atoms with E-state index < -0.39 is 31.3 Å². The fraction of sp³-hybridized carbons (Fsp3) is 1.00. The highest BCUT2D eigenvalue weighted by Crippen LogP contribution is 2.31. The minimum atomic E-state index is -6.85. The summed E-state index contributed by atoms with van der Waals surface area (Å²) in [5.74, 6) is 0. The van der Waals surface area contributed by atoms with Crippen LogP contribution >= 0.6 is 0 Å². The number of rotatable bonds is 2. The van der Waals surface area contributed by atoms with E-state index in [2.05, 4.69) is 0 Å². The third-order valence-corrected chi connectivity index (χ3v) is 3.31. The molecular formula is C2BF6O5S2. The van der Waals surface area contributed by atoms with E-state index in [1.54, 1.807) is 0 Å². The van der Waals surface area contributed by atoms with Gasteiger partial charge < -0.3 is 0 Å². The molecule has 0 saturated carbocycles. The molecule has 0 aromatic rings. The van der Waals surface area contributed by atoms with E-state index in [1.165, 1.54) is 0 Å². The first-order valence-corrected chi connectivity index (χ1v) is 5.36. The average Bonchev–Trinajstić information content (AvgIpc) is 1.77. The summed E-state index contributed by atoms with van der Waals surface area (Å²) in [4.78, 5) is 0. The van der Waals surface area contributed by atoms with E-state index in [0.29, 0.717) is 0 Å². The molecule has 0 spiro atoms. The van der Waals surface area contributed by atoms with Gasteiger partial charge in [-0.05, 0) is 0 Å². The smallest absolute Gasteiger partial charge is 0.188 e. The highest BCUT2D eigenvalue weighted by Gasteiger charge is 2.57. The minimum absolute atomic E-state index is 0. The summed E-state index contributed by atoms with van der Waals surface area (Å²) in [6.07, 6.45) is 0. The Morgan fingerprint density at radius 3 is 1.00 bits per heavy atom. The van der Waals surface area contributed by atoms with Crippen LogP contribution in [-0.2, 0) is 23.9 Å². The van der Waals surface area contributed by atoms with Gasteiger partial charge in [0.2, 0.25) is 0 Å². The zero-order valence-electron chi connectivity index (χ0n) is 6.70. The van der Waals surface area contributed by atoms with Crippen molar-refractivity contribution >= 4 is 28.6 Å². The summed E-state index contributed by atoms with van der Waals surface area (Å²) in [6.45, 7) is 0. The van der Waals surface area contributed by atoms with Crippen LogP contribution in [0.15, 0.2) is 0 Å². The number of hydrogen-bond acceptors (Lipinski definition) is 5. The van der Waals surface area contributed by atoms with E-state index in [9.17, 15) is 43.2 Å². The molecule has 0 aliphatic rings. The van der Waals surface area contributed by atoms with Crippen LogP contribution < -0.4 is 0 Å². The maximum absolute atomic E-state index is 11.4. The third-order valence-electron chi connectivity index (χ3n) is 0.746. The van der Waals surface area contributed by atoms with Crippen LogP contribution in [-0.4, -0.2) is 36.3 Å². The second-order valence-corrected chi connectivity index (χ2v) is 5.15. The lowest BCUT2D eigenvalue weighted by molar-refractivity contribution is -0.0585. The van der Waals surface area contributed by atoms with Crippen molar-refractivity contribution in [2.45, 2.75) is 11.0 Å². The van der Waals surface area contributed by atoms with Crippen molar-refractivity contribution in [3.05, 3.63) is 0 Å². The van der Waals surface area contributed by atoms with Gasteiger partial charge in [-0.1, -0.05) is 0 Å². The van der Waals surface area contributed by atoms with Gasteiger partial charge in [-0.2, -0.15) is 43.2 Å². The fourth-order valence-corrected chi connectivity index (χ4v) is 1.76. The van der Waals surface area contributed by atoms with Crippen LogP contribution in [0.4, 0.5) is 26.3 Å². The van der Waals surface area contributed by atoms with Crippen LogP contribution in [0.1, 0.15) is 0 Å². The lowest BCUT2D eigenvalue weighted by Crippen LogP contribution is -2.34. The SMILES string of the molecule is O=S(=O)(OS(=O)(=O)C(F)(F)F)C(F)(F)F.[B]. The Kier molecular flexibility index (Phi) is 4.92. The molecule has 16 heavy (non-hydrogen) atoms. The first kappa shape index (κ1) is 17.9. The molecule has 14 heteroatoms. The van der Waals surface area contributed by atoms with Gasteiger partial charge in [-0.3, -0.25) is 0 Å². The Morgan fingerprint density at radius 2 is 0.875 bits per heavy atom. The predicted octanol–water partition coefficient (Wildman–Crippen LogP) is 0.321. The number of alkyl halides is 6. The summed E-state index contributed by atoms with van der Waals surface area (Å²) >= 11 is 0. The van der Waals surface area contributed by atoms with Crippen molar-refractivity contribution in [3.63, 3.8) is 0 Å². The molecule has 0 heterocycles. The first-order chi connectivity index (χ1) is 6.21. The van der Waals surface area contributed by atoms with Gasteiger partial charge in [0.25, 0.3) is 0 Å². The summed E-state index contributed by atoms with van der Waals surface area (Å²) in [6, 6.07) is 0. The van der Waals surface area contributed by atoms with Crippen molar-refractivity contribution in [2.24, 2.45) is 0 Å². The Morgan fingerprint density at radius 1 is 0.688 bits per heavy atom. The molecular weight excluding hydrogens is 293 g/mol. The van der Waals surface area contributed by atoms with Crippen LogP contribution in [0.3, 0.4) is 0 Å². The standard InChI is InChI=1S/C2F6O5S2.B/c3-1(4,5)14(9,10)13-15(11,12)2(6,7)8;. The minimum Gasteiger partial charge on any atom is -0.188 e. The molecule has 0 aromatic carbocycles. The summed E-state index contributed by atoms with van der Waals surface area (Å²) in [7, 11) is -13.7. The largest absolute Gasteiger partial charge is 0.524 e. The van der Waals surface area contributed by atoms with Crippen molar-refractivity contribution < 1.29 is 46.8 Å². The maximum atomic E-state index is 11.4. The van der Waals surface area contributed by atoms with E-state index in [1.807, 2.05) is 3.63 Å². The Labute approximate surface area is 87.2 Å². The number of hydrogen-bond donors (Lipinski definition) is 0. The topological polar surface area (TPSA) is 77.5 Å². The third kappa shape index (κ3) is 3.82. The highest BCUT2D eigenvalue weighted by atomic mass is 32.3. The molecule has 95 valence electrons. The molecule has 3 radical (unpaired) electrons. The summed E-state index contributed by atoms with van der Waals surface area (Å²) in [5, 5.41) is 0. The molecule has 0 N–H and O–H groups in total. The van der Waals surface area contributed by atoms with Gasteiger partial charge in [0, 0.05) is 8.41 Å². The van der Waals surface area contributed by atoms with Gasteiger partial charge in [0.15, 0.2) is 0 Å². The van der Waals surface area contributed by atoms with Gasteiger partial charge in [-0.25, -0.2) is 0 Å². The van der Waals surface area contributed by atoms with E-state index in [4.69, 9.17) is 0 Å². The van der Waals surface area contributed by atoms with E-state index >= 15 is 0 Å². The molecule has 0 amide bonds. The molecule has 0 atom stereocenters. The Hall–Kier alpha value is -0.495. The molecule has 0 fully saturated rings. The second-order valence-electron chi connectivity index (χ2n) is 1.87. The molecule has 0 aromatic heterocycles. The van der Waals surface area contributed by atoms with Crippen LogP contribution in [0.25, 0.3) is 0 Å².